The normalized spacial score (nSPS) is 20.8. The van der Waals surface area contributed by atoms with Gasteiger partial charge in [0.05, 0.1) is 23.2 Å². The summed E-state index contributed by atoms with van der Waals surface area (Å²) in [6.07, 6.45) is 0.549. The van der Waals surface area contributed by atoms with Gasteiger partial charge in [-0.2, -0.15) is 9.94 Å². The number of aliphatic carboxylic acids is 1. The fourth-order valence-corrected chi connectivity index (χ4v) is 2.07. The van der Waals surface area contributed by atoms with E-state index < -0.39 is 11.9 Å². The molecule has 2 aromatic rings. The molecule has 3 rings (SSSR count). The molecule has 19 heavy (non-hydrogen) atoms. The van der Waals surface area contributed by atoms with Gasteiger partial charge in [0.2, 0.25) is 0 Å². The molecule has 0 radical (unpaired) electrons. The quantitative estimate of drug-likeness (QED) is 0.866. The Morgan fingerprint density at radius 1 is 1.53 bits per heavy atom. The SMILES string of the molecule is N#Cc1cccc(-n2nnnc2C2CC2C(=O)O)c1. The lowest BCUT2D eigenvalue weighted by molar-refractivity contribution is -0.138. The summed E-state index contributed by atoms with van der Waals surface area (Å²) < 4.78 is 1.49. The number of hydrogen-bond donors (Lipinski definition) is 1. The zero-order valence-electron chi connectivity index (χ0n) is 9.76. The van der Waals surface area contributed by atoms with E-state index in [1.54, 1.807) is 24.3 Å². The minimum Gasteiger partial charge on any atom is -0.481 e. The smallest absolute Gasteiger partial charge is 0.307 e. The first-order valence-electron chi connectivity index (χ1n) is 5.72. The van der Waals surface area contributed by atoms with Crippen LogP contribution in [-0.4, -0.2) is 31.3 Å². The van der Waals surface area contributed by atoms with E-state index in [9.17, 15) is 4.79 Å². The van der Waals surface area contributed by atoms with E-state index in [4.69, 9.17) is 10.4 Å². The van der Waals surface area contributed by atoms with Crippen molar-refractivity contribution in [2.45, 2.75) is 12.3 Å². The van der Waals surface area contributed by atoms with E-state index in [1.165, 1.54) is 4.68 Å². The van der Waals surface area contributed by atoms with Crippen LogP contribution in [0.25, 0.3) is 5.69 Å². The Kier molecular flexibility index (Phi) is 2.49. The average molecular weight is 255 g/mol. The molecule has 1 aromatic carbocycles. The second-order valence-electron chi connectivity index (χ2n) is 4.40. The predicted molar refractivity (Wildman–Crippen MR) is 62.4 cm³/mol. The van der Waals surface area contributed by atoms with Gasteiger partial charge < -0.3 is 5.11 Å². The van der Waals surface area contributed by atoms with Crippen molar-refractivity contribution in [3.8, 4) is 11.8 Å². The lowest BCUT2D eigenvalue weighted by atomic mass is 10.2. The van der Waals surface area contributed by atoms with Gasteiger partial charge in [0, 0.05) is 5.92 Å². The number of benzene rings is 1. The predicted octanol–water partition coefficient (Wildman–Crippen LogP) is 0.722. The van der Waals surface area contributed by atoms with Crippen molar-refractivity contribution in [2.75, 3.05) is 0 Å². The molecule has 0 aliphatic heterocycles. The zero-order valence-corrected chi connectivity index (χ0v) is 9.76. The molecule has 2 atom stereocenters. The maximum Gasteiger partial charge on any atom is 0.307 e. The molecule has 1 heterocycles. The van der Waals surface area contributed by atoms with Gasteiger partial charge in [-0.1, -0.05) is 6.07 Å². The zero-order chi connectivity index (χ0) is 13.4. The van der Waals surface area contributed by atoms with E-state index in [2.05, 4.69) is 15.5 Å². The first-order chi connectivity index (χ1) is 9.20. The fraction of sp³-hybridized carbons (Fsp3) is 0.250. The number of carbonyl (C=O) groups is 1. The minimum absolute atomic E-state index is 0.154. The monoisotopic (exact) mass is 255 g/mol. The molecule has 1 saturated carbocycles. The molecule has 1 aliphatic rings. The van der Waals surface area contributed by atoms with Gasteiger partial charge in [0.15, 0.2) is 5.82 Å². The van der Waals surface area contributed by atoms with Gasteiger partial charge in [-0.25, -0.2) is 0 Å². The summed E-state index contributed by atoms with van der Waals surface area (Å²) in [6, 6.07) is 8.91. The van der Waals surface area contributed by atoms with Crippen LogP contribution in [-0.2, 0) is 4.79 Å². The molecule has 94 valence electrons. The number of nitriles is 1. The van der Waals surface area contributed by atoms with Gasteiger partial charge in [0.1, 0.15) is 0 Å². The number of tetrazole rings is 1. The van der Waals surface area contributed by atoms with Crippen molar-refractivity contribution in [1.82, 2.24) is 20.2 Å². The second kappa shape index (κ2) is 4.17. The van der Waals surface area contributed by atoms with Crippen molar-refractivity contribution in [3.63, 3.8) is 0 Å². The Morgan fingerprint density at radius 3 is 3.05 bits per heavy atom. The van der Waals surface area contributed by atoms with Crippen LogP contribution in [0.5, 0.6) is 0 Å². The van der Waals surface area contributed by atoms with Gasteiger partial charge in [-0.05, 0) is 35.0 Å². The molecule has 2 unspecified atom stereocenters. The highest BCUT2D eigenvalue weighted by Crippen LogP contribution is 2.46. The number of carboxylic acids is 1. The summed E-state index contributed by atoms with van der Waals surface area (Å²) in [4.78, 5) is 10.9. The van der Waals surface area contributed by atoms with Crippen molar-refractivity contribution >= 4 is 5.97 Å². The van der Waals surface area contributed by atoms with Crippen LogP contribution in [0.15, 0.2) is 24.3 Å². The Labute approximate surface area is 108 Å². The van der Waals surface area contributed by atoms with Crippen LogP contribution in [0, 0.1) is 17.2 Å². The number of hydrogen-bond acceptors (Lipinski definition) is 5. The highest BCUT2D eigenvalue weighted by molar-refractivity contribution is 5.74. The van der Waals surface area contributed by atoms with E-state index in [0.29, 0.717) is 23.5 Å². The van der Waals surface area contributed by atoms with Crippen molar-refractivity contribution in [3.05, 3.63) is 35.7 Å². The molecule has 7 nitrogen and oxygen atoms in total. The third kappa shape index (κ3) is 1.93. The standard InChI is InChI=1S/C12H9N5O2/c13-6-7-2-1-3-8(4-7)17-11(14-15-16-17)9-5-10(9)12(18)19/h1-4,9-10H,5H2,(H,18,19). The van der Waals surface area contributed by atoms with Crippen LogP contribution in [0.2, 0.25) is 0 Å². The third-order valence-electron chi connectivity index (χ3n) is 3.15. The number of nitrogens with zero attached hydrogens (tertiary/aromatic N) is 5. The molecule has 1 fully saturated rings. The fourth-order valence-electron chi connectivity index (χ4n) is 2.07. The van der Waals surface area contributed by atoms with Crippen LogP contribution in [0.4, 0.5) is 0 Å². The van der Waals surface area contributed by atoms with E-state index in [-0.39, 0.29) is 5.92 Å². The molecule has 0 bridgehead atoms. The average Bonchev–Trinajstić information content (AvgIpc) is 3.09. The second-order valence-corrected chi connectivity index (χ2v) is 4.40. The summed E-state index contributed by atoms with van der Waals surface area (Å²) in [5.74, 6) is -0.866. The number of aromatic nitrogens is 4. The van der Waals surface area contributed by atoms with Crippen LogP contribution >= 0.6 is 0 Å². The molecular formula is C12H9N5O2. The van der Waals surface area contributed by atoms with E-state index in [0.717, 1.165) is 0 Å². The number of rotatable bonds is 3. The van der Waals surface area contributed by atoms with Crippen LogP contribution in [0.3, 0.4) is 0 Å². The molecule has 1 aliphatic carbocycles. The number of carboxylic acid groups (broad SMARTS) is 1. The molecule has 1 aromatic heterocycles. The summed E-state index contributed by atoms with van der Waals surface area (Å²) in [6.45, 7) is 0. The summed E-state index contributed by atoms with van der Waals surface area (Å²) in [5, 5.41) is 29.2. The largest absolute Gasteiger partial charge is 0.481 e. The first-order valence-corrected chi connectivity index (χ1v) is 5.72. The van der Waals surface area contributed by atoms with Crippen molar-refractivity contribution < 1.29 is 9.90 Å². The van der Waals surface area contributed by atoms with E-state index in [1.807, 2.05) is 6.07 Å². The van der Waals surface area contributed by atoms with Crippen LogP contribution < -0.4 is 0 Å². The summed E-state index contributed by atoms with van der Waals surface area (Å²) in [7, 11) is 0. The van der Waals surface area contributed by atoms with Crippen molar-refractivity contribution in [1.29, 1.82) is 5.26 Å². The van der Waals surface area contributed by atoms with Gasteiger partial charge in [-0.3, -0.25) is 4.79 Å². The maximum absolute atomic E-state index is 10.9. The summed E-state index contributed by atoms with van der Waals surface area (Å²) >= 11 is 0. The molecule has 7 heteroatoms. The minimum atomic E-state index is -0.828. The highest BCUT2D eigenvalue weighted by Gasteiger charge is 2.47. The van der Waals surface area contributed by atoms with Gasteiger partial charge in [-0.15, -0.1) is 5.10 Å². The van der Waals surface area contributed by atoms with Gasteiger partial charge in [0.25, 0.3) is 0 Å². The highest BCUT2D eigenvalue weighted by atomic mass is 16.4. The lowest BCUT2D eigenvalue weighted by Gasteiger charge is -2.03. The first kappa shape index (κ1) is 11.3. The van der Waals surface area contributed by atoms with Crippen molar-refractivity contribution in [2.24, 2.45) is 5.92 Å². The topological polar surface area (TPSA) is 105 Å². The van der Waals surface area contributed by atoms with Crippen LogP contribution in [0.1, 0.15) is 23.7 Å². The summed E-state index contributed by atoms with van der Waals surface area (Å²) in [5.41, 5.74) is 1.17. The van der Waals surface area contributed by atoms with Gasteiger partial charge >= 0.3 is 5.97 Å². The Balaban J connectivity index is 1.97. The maximum atomic E-state index is 10.9. The third-order valence-corrected chi connectivity index (χ3v) is 3.15. The Hall–Kier alpha value is -2.75. The Morgan fingerprint density at radius 2 is 2.37 bits per heavy atom. The molecular weight excluding hydrogens is 246 g/mol. The van der Waals surface area contributed by atoms with E-state index >= 15 is 0 Å². The Bertz CT molecular complexity index is 687. The molecule has 0 spiro atoms. The molecule has 0 saturated heterocycles. The molecule has 0 amide bonds. The molecule has 1 N–H and O–H groups in total. The lowest BCUT2D eigenvalue weighted by Crippen LogP contribution is -2.06.